The number of thioether (sulfide) groups is 1. The Morgan fingerprint density at radius 1 is 1.39 bits per heavy atom. The van der Waals surface area contributed by atoms with Crippen molar-refractivity contribution in [2.75, 3.05) is 23.9 Å². The van der Waals surface area contributed by atoms with Crippen LogP contribution in [0.5, 0.6) is 0 Å². The Hall–Kier alpha value is -0.810. The van der Waals surface area contributed by atoms with E-state index >= 15 is 0 Å². The molecule has 0 fully saturated rings. The van der Waals surface area contributed by atoms with Gasteiger partial charge in [0, 0.05) is 11.8 Å². The number of aliphatic hydroxyl groups is 1. The predicted octanol–water partition coefficient (Wildman–Crippen LogP) is 2.43. The third-order valence-corrected chi connectivity index (χ3v) is 3.34. The van der Waals surface area contributed by atoms with Crippen LogP contribution in [-0.4, -0.2) is 39.7 Å². The van der Waals surface area contributed by atoms with Gasteiger partial charge in [-0.25, -0.2) is 9.97 Å². The standard InChI is InChI=1S/C13H23N3OS/c1-9(2)12-7-13(15-10(3)14-12)16-11(8-17)5-6-18-4/h7,9,11,17H,5-6,8H2,1-4H3,(H,14,15,16)/t11-/m0/s1. The van der Waals surface area contributed by atoms with Crippen molar-refractivity contribution in [2.24, 2.45) is 0 Å². The van der Waals surface area contributed by atoms with Crippen LogP contribution >= 0.6 is 11.8 Å². The van der Waals surface area contributed by atoms with Gasteiger partial charge < -0.3 is 10.4 Å². The van der Waals surface area contributed by atoms with Crippen LogP contribution < -0.4 is 5.32 Å². The van der Waals surface area contributed by atoms with Gasteiger partial charge in [-0.05, 0) is 31.3 Å². The number of rotatable bonds is 7. The first kappa shape index (κ1) is 15.2. The van der Waals surface area contributed by atoms with Gasteiger partial charge in [-0.1, -0.05) is 13.8 Å². The highest BCUT2D eigenvalue weighted by atomic mass is 32.2. The molecular weight excluding hydrogens is 246 g/mol. The van der Waals surface area contributed by atoms with Crippen molar-refractivity contribution in [3.8, 4) is 0 Å². The highest BCUT2D eigenvalue weighted by molar-refractivity contribution is 7.98. The first-order chi connectivity index (χ1) is 8.56. The SMILES string of the molecule is CSCC[C@@H](CO)Nc1cc(C(C)C)nc(C)n1. The Balaban J connectivity index is 2.75. The molecule has 4 nitrogen and oxygen atoms in total. The molecule has 18 heavy (non-hydrogen) atoms. The average molecular weight is 269 g/mol. The minimum atomic E-state index is 0.0618. The van der Waals surface area contributed by atoms with Crippen LogP contribution in [0.15, 0.2) is 6.07 Å². The molecule has 102 valence electrons. The van der Waals surface area contributed by atoms with E-state index in [9.17, 15) is 5.11 Å². The Morgan fingerprint density at radius 3 is 2.67 bits per heavy atom. The summed E-state index contributed by atoms with van der Waals surface area (Å²) in [6, 6.07) is 2.03. The zero-order valence-electron chi connectivity index (χ0n) is 11.6. The molecule has 0 aromatic carbocycles. The zero-order chi connectivity index (χ0) is 13.5. The normalized spacial score (nSPS) is 12.8. The Kier molecular flexibility index (Phi) is 6.43. The van der Waals surface area contributed by atoms with Crippen molar-refractivity contribution in [3.05, 3.63) is 17.6 Å². The monoisotopic (exact) mass is 269 g/mol. The molecule has 0 radical (unpaired) electrons. The second-order valence-corrected chi connectivity index (χ2v) is 5.67. The summed E-state index contributed by atoms with van der Waals surface area (Å²) in [4.78, 5) is 8.78. The second-order valence-electron chi connectivity index (χ2n) is 4.69. The highest BCUT2D eigenvalue weighted by Crippen LogP contribution is 2.16. The summed E-state index contributed by atoms with van der Waals surface area (Å²) in [5, 5.41) is 12.6. The Labute approximate surface area is 114 Å². The van der Waals surface area contributed by atoms with E-state index in [1.165, 1.54) is 0 Å². The average Bonchev–Trinajstić information content (AvgIpc) is 2.33. The quantitative estimate of drug-likeness (QED) is 0.796. The second kappa shape index (κ2) is 7.59. The Bertz CT molecular complexity index is 371. The van der Waals surface area contributed by atoms with Crippen molar-refractivity contribution in [1.82, 2.24) is 9.97 Å². The first-order valence-electron chi connectivity index (χ1n) is 6.28. The molecule has 0 unspecified atom stereocenters. The lowest BCUT2D eigenvalue weighted by Crippen LogP contribution is -2.25. The first-order valence-corrected chi connectivity index (χ1v) is 7.68. The minimum Gasteiger partial charge on any atom is -0.394 e. The van der Waals surface area contributed by atoms with Crippen LogP contribution in [-0.2, 0) is 0 Å². The number of aromatic nitrogens is 2. The highest BCUT2D eigenvalue weighted by Gasteiger charge is 2.10. The smallest absolute Gasteiger partial charge is 0.130 e. The van der Waals surface area contributed by atoms with E-state index in [0.717, 1.165) is 29.5 Å². The third kappa shape index (κ3) is 4.82. The number of hydrogen-bond donors (Lipinski definition) is 2. The van der Waals surface area contributed by atoms with Crippen LogP contribution in [0.1, 0.15) is 37.7 Å². The van der Waals surface area contributed by atoms with Gasteiger partial charge in [0.1, 0.15) is 11.6 Å². The van der Waals surface area contributed by atoms with Crippen molar-refractivity contribution in [2.45, 2.75) is 39.2 Å². The van der Waals surface area contributed by atoms with Gasteiger partial charge >= 0.3 is 0 Å². The number of hydrogen-bond acceptors (Lipinski definition) is 5. The van der Waals surface area contributed by atoms with E-state index in [1.54, 1.807) is 11.8 Å². The summed E-state index contributed by atoms with van der Waals surface area (Å²) in [6.45, 7) is 6.25. The number of nitrogens with one attached hydrogen (secondary N) is 1. The molecule has 1 aromatic heterocycles. The van der Waals surface area contributed by atoms with Gasteiger partial charge in [0.2, 0.25) is 0 Å². The van der Waals surface area contributed by atoms with Crippen LogP contribution in [0.2, 0.25) is 0 Å². The van der Waals surface area contributed by atoms with Gasteiger partial charge in [0.05, 0.1) is 12.6 Å². The molecule has 0 aliphatic rings. The largest absolute Gasteiger partial charge is 0.394 e. The summed E-state index contributed by atoms with van der Waals surface area (Å²) in [5.74, 6) is 2.99. The fourth-order valence-corrected chi connectivity index (χ4v) is 2.16. The van der Waals surface area contributed by atoms with Crippen LogP contribution in [0.25, 0.3) is 0 Å². The lowest BCUT2D eigenvalue weighted by molar-refractivity contribution is 0.272. The molecule has 0 aliphatic heterocycles. The molecule has 0 spiro atoms. The summed E-state index contributed by atoms with van der Waals surface area (Å²) in [5.41, 5.74) is 1.03. The van der Waals surface area contributed by atoms with Gasteiger partial charge in [0.25, 0.3) is 0 Å². The summed E-state index contributed by atoms with van der Waals surface area (Å²) in [7, 11) is 0. The Morgan fingerprint density at radius 2 is 2.11 bits per heavy atom. The molecule has 2 N–H and O–H groups in total. The van der Waals surface area contributed by atoms with Crippen molar-refractivity contribution >= 4 is 17.6 Å². The van der Waals surface area contributed by atoms with E-state index in [2.05, 4.69) is 35.4 Å². The zero-order valence-corrected chi connectivity index (χ0v) is 12.4. The fourth-order valence-electron chi connectivity index (χ4n) is 1.64. The molecule has 0 saturated carbocycles. The molecule has 0 bridgehead atoms. The lowest BCUT2D eigenvalue weighted by Gasteiger charge is -2.17. The summed E-state index contributed by atoms with van der Waals surface area (Å²) in [6.07, 6.45) is 3.00. The van der Waals surface area contributed by atoms with Gasteiger partial charge in [-0.2, -0.15) is 11.8 Å². The van der Waals surface area contributed by atoms with E-state index in [0.29, 0.717) is 5.92 Å². The minimum absolute atomic E-state index is 0.0618. The van der Waals surface area contributed by atoms with E-state index in [-0.39, 0.29) is 12.6 Å². The van der Waals surface area contributed by atoms with Crippen molar-refractivity contribution in [3.63, 3.8) is 0 Å². The van der Waals surface area contributed by atoms with Gasteiger partial charge in [-0.15, -0.1) is 0 Å². The molecule has 0 amide bonds. The van der Waals surface area contributed by atoms with Crippen LogP contribution in [0.3, 0.4) is 0 Å². The third-order valence-electron chi connectivity index (χ3n) is 2.69. The predicted molar refractivity (Wildman–Crippen MR) is 78.4 cm³/mol. The van der Waals surface area contributed by atoms with E-state index in [1.807, 2.05) is 13.0 Å². The lowest BCUT2D eigenvalue weighted by atomic mass is 10.1. The van der Waals surface area contributed by atoms with E-state index in [4.69, 9.17) is 0 Å². The molecule has 0 saturated heterocycles. The molecule has 5 heteroatoms. The summed E-state index contributed by atoms with van der Waals surface area (Å²) < 4.78 is 0. The molecule has 1 aromatic rings. The topological polar surface area (TPSA) is 58.0 Å². The van der Waals surface area contributed by atoms with Gasteiger partial charge in [-0.3, -0.25) is 0 Å². The molecular formula is C13H23N3OS. The molecule has 1 heterocycles. The van der Waals surface area contributed by atoms with Crippen LogP contribution in [0, 0.1) is 6.92 Å². The number of aliphatic hydroxyl groups excluding tert-OH is 1. The fraction of sp³-hybridized carbons (Fsp3) is 0.692. The maximum atomic E-state index is 9.35. The molecule has 1 atom stereocenters. The maximum Gasteiger partial charge on any atom is 0.130 e. The van der Waals surface area contributed by atoms with Gasteiger partial charge in [0.15, 0.2) is 0 Å². The number of aryl methyl sites for hydroxylation is 1. The molecule has 0 aliphatic carbocycles. The number of anilines is 1. The van der Waals surface area contributed by atoms with Crippen molar-refractivity contribution < 1.29 is 5.11 Å². The summed E-state index contributed by atoms with van der Waals surface area (Å²) >= 11 is 1.78. The van der Waals surface area contributed by atoms with E-state index < -0.39 is 0 Å². The molecule has 1 rings (SSSR count). The van der Waals surface area contributed by atoms with Crippen molar-refractivity contribution in [1.29, 1.82) is 0 Å². The number of nitrogens with zero attached hydrogens (tertiary/aromatic N) is 2. The maximum absolute atomic E-state index is 9.35. The van der Waals surface area contributed by atoms with Crippen LogP contribution in [0.4, 0.5) is 5.82 Å².